The number of carbonyl (C=O) groups is 1. The Labute approximate surface area is 72.6 Å². The van der Waals surface area contributed by atoms with Crippen LogP contribution in [0.4, 0.5) is 4.79 Å². The fourth-order valence-electron chi connectivity index (χ4n) is 0.224. The molecule has 0 atom stereocenters. The van der Waals surface area contributed by atoms with Gasteiger partial charge in [-0.1, -0.05) is 0 Å². The number of carboxylic acid groups (broad SMARTS) is 1. The molecule has 0 amide bonds. The molecule has 0 heterocycles. The summed E-state index contributed by atoms with van der Waals surface area (Å²) in [6, 6.07) is 0. The third kappa shape index (κ3) is 12.5. The molecule has 0 bridgehead atoms. The first-order chi connectivity index (χ1) is 5.12. The fraction of sp³-hybridized carbons (Fsp3) is 0.800. The summed E-state index contributed by atoms with van der Waals surface area (Å²) >= 11 is 0. The Morgan fingerprint density at radius 2 is 1.42 bits per heavy atom. The second kappa shape index (κ2) is 4.77. The Bertz CT molecular complexity index is 140. The Morgan fingerprint density at radius 1 is 1.25 bits per heavy atom. The van der Waals surface area contributed by atoms with E-state index in [-0.39, 0.29) is 12.3 Å². The van der Waals surface area contributed by atoms with Crippen LogP contribution in [0.2, 0.25) is 0 Å². The van der Waals surface area contributed by atoms with Crippen LogP contribution in [0.3, 0.4) is 0 Å². The zero-order valence-electron chi connectivity index (χ0n) is 7.56. The van der Waals surface area contributed by atoms with Gasteiger partial charge in [-0.25, -0.2) is 0 Å². The Kier molecular flexibility index (Phi) is 5.71. The van der Waals surface area contributed by atoms with Crippen LogP contribution in [-0.2, 0) is 0 Å². The second-order valence-electron chi connectivity index (χ2n) is 2.49. The second-order valence-corrected chi connectivity index (χ2v) is 6.44. The van der Waals surface area contributed by atoms with Gasteiger partial charge in [-0.3, -0.25) is 4.79 Å². The van der Waals surface area contributed by atoms with E-state index in [1.165, 1.54) is 0 Å². The van der Waals surface area contributed by atoms with E-state index >= 15 is 0 Å². The summed E-state index contributed by atoms with van der Waals surface area (Å²) in [5.74, 6) is -0.833. The average Bonchev–Trinajstić information content (AvgIpc) is 1.87. The van der Waals surface area contributed by atoms with Gasteiger partial charge in [0, 0.05) is 0 Å². The zero-order valence-corrected chi connectivity index (χ0v) is 8.45. The first-order valence-electron chi connectivity index (χ1n) is 3.57. The molecule has 7 heteroatoms. The Hall–Kier alpha value is -0.155. The van der Waals surface area contributed by atoms with E-state index in [9.17, 15) is 0 Å². The summed E-state index contributed by atoms with van der Waals surface area (Å²) < 4.78 is 0. The van der Waals surface area contributed by atoms with E-state index in [0.29, 0.717) is 0 Å². The Balaban J connectivity index is 0. The maximum absolute atomic E-state index is 9.00. The van der Waals surface area contributed by atoms with Crippen molar-refractivity contribution in [3.05, 3.63) is 0 Å². The molecule has 0 unspecified atom stereocenters. The van der Waals surface area contributed by atoms with Crippen molar-refractivity contribution in [2.75, 3.05) is 12.3 Å². The van der Waals surface area contributed by atoms with Crippen molar-refractivity contribution in [3.63, 3.8) is 0 Å². The molecule has 0 aliphatic rings. The van der Waals surface area contributed by atoms with Crippen molar-refractivity contribution < 1.29 is 24.6 Å². The van der Waals surface area contributed by atoms with Crippen LogP contribution >= 0.6 is 7.28 Å². The van der Waals surface area contributed by atoms with Gasteiger partial charge in [0.05, 0.1) is 0 Å². The standard InChI is InChI=1S/C4H13O3P.CH3BO2/c1-3-8(5,6,7)4-2;2-1(3)4/h5-7H,3-4H2,1-2H3;2H2,(H,3,4). The third-order valence-corrected chi connectivity index (χ3v) is 3.89. The molecule has 0 saturated carbocycles. The van der Waals surface area contributed by atoms with Gasteiger partial charge in [-0.2, -0.15) is 0 Å². The number of hydrogen-bond donors (Lipinski definition) is 4. The van der Waals surface area contributed by atoms with Gasteiger partial charge in [-0.05, 0) is 0 Å². The van der Waals surface area contributed by atoms with Crippen LogP contribution in [-0.4, -0.2) is 45.8 Å². The Morgan fingerprint density at radius 3 is 1.42 bits per heavy atom. The van der Waals surface area contributed by atoms with Gasteiger partial charge in [0.25, 0.3) is 0 Å². The van der Waals surface area contributed by atoms with Gasteiger partial charge in [0.1, 0.15) is 0 Å². The van der Waals surface area contributed by atoms with Crippen LogP contribution < -0.4 is 0 Å². The van der Waals surface area contributed by atoms with Gasteiger partial charge in [0.2, 0.25) is 13.7 Å². The molecule has 0 aromatic rings. The molecule has 0 aromatic carbocycles. The van der Waals surface area contributed by atoms with Gasteiger partial charge in [-0.15, -0.1) is 0 Å². The van der Waals surface area contributed by atoms with Gasteiger partial charge < -0.3 is 5.11 Å². The minimum atomic E-state index is -4.10. The maximum atomic E-state index is 9.00. The van der Waals surface area contributed by atoms with Crippen LogP contribution in [0.25, 0.3) is 0 Å². The van der Waals surface area contributed by atoms with Crippen molar-refractivity contribution in [1.29, 1.82) is 0 Å². The zero-order chi connectivity index (χ0) is 10.4. The van der Waals surface area contributed by atoms with E-state index in [0.717, 1.165) is 7.85 Å². The molecule has 12 heavy (non-hydrogen) atoms. The molecular formula is C5H16BO5P. The van der Waals surface area contributed by atoms with Crippen LogP contribution in [0.15, 0.2) is 0 Å². The van der Waals surface area contributed by atoms with Crippen LogP contribution in [0.1, 0.15) is 13.8 Å². The quantitative estimate of drug-likeness (QED) is 0.357. The molecule has 4 N–H and O–H groups in total. The van der Waals surface area contributed by atoms with E-state index in [2.05, 4.69) is 0 Å². The third-order valence-electron chi connectivity index (χ3n) is 1.30. The van der Waals surface area contributed by atoms with Crippen molar-refractivity contribution in [2.45, 2.75) is 13.8 Å². The predicted molar refractivity (Wildman–Crippen MR) is 51.2 cm³/mol. The van der Waals surface area contributed by atoms with Crippen molar-refractivity contribution in [2.24, 2.45) is 0 Å². The topological polar surface area (TPSA) is 98.0 Å². The average molecular weight is 198 g/mol. The normalized spacial score (nSPS) is 13.6. The minimum absolute atomic E-state index is 0.0576. The first kappa shape index (κ1) is 14.4. The molecular weight excluding hydrogens is 182 g/mol. The monoisotopic (exact) mass is 198 g/mol. The summed E-state index contributed by atoms with van der Waals surface area (Å²) in [7, 11) is -3.02. The van der Waals surface area contributed by atoms with Crippen molar-refractivity contribution >= 4 is 21.0 Å². The molecule has 0 saturated heterocycles. The molecule has 0 fully saturated rings. The van der Waals surface area contributed by atoms with Gasteiger partial charge in [0.15, 0.2) is 0 Å². The predicted octanol–water partition coefficient (Wildman–Crippen LogP) is -0.401. The summed E-state index contributed by atoms with van der Waals surface area (Å²) in [4.78, 5) is 35.5. The van der Waals surface area contributed by atoms with E-state index in [1.54, 1.807) is 13.8 Å². The summed E-state index contributed by atoms with van der Waals surface area (Å²) in [5, 5.41) is 7.42. The molecule has 5 nitrogen and oxygen atoms in total. The molecule has 0 spiro atoms. The number of rotatable bonds is 2. The summed E-state index contributed by atoms with van der Waals surface area (Å²) in [6.45, 7) is 3.11. The molecule has 0 aliphatic carbocycles. The fourth-order valence-corrected chi connectivity index (χ4v) is 0.671. The number of hydrogen-bond acceptors (Lipinski definition) is 4. The van der Waals surface area contributed by atoms with Crippen molar-refractivity contribution in [3.8, 4) is 0 Å². The molecule has 0 aromatic heterocycles. The summed E-state index contributed by atoms with van der Waals surface area (Å²) in [5.41, 5.74) is 0. The molecule has 0 radical (unpaired) electrons. The van der Waals surface area contributed by atoms with Crippen molar-refractivity contribution in [1.82, 2.24) is 0 Å². The molecule has 0 rings (SSSR count). The SMILES string of the molecule is BC(=O)O.CCP(O)(O)(O)CC. The van der Waals surface area contributed by atoms with E-state index < -0.39 is 13.2 Å². The first-order valence-corrected chi connectivity index (χ1v) is 6.04. The van der Waals surface area contributed by atoms with Crippen LogP contribution in [0, 0.1) is 0 Å². The summed E-state index contributed by atoms with van der Waals surface area (Å²) in [6.07, 6.45) is 0.115. The molecule has 0 aliphatic heterocycles. The van der Waals surface area contributed by atoms with Gasteiger partial charge >= 0.3 is 48.1 Å². The van der Waals surface area contributed by atoms with Crippen LogP contribution in [0.5, 0.6) is 0 Å². The van der Waals surface area contributed by atoms with E-state index in [4.69, 9.17) is 24.6 Å². The molecule has 74 valence electrons. The van der Waals surface area contributed by atoms with E-state index in [1.807, 2.05) is 0 Å².